The van der Waals surface area contributed by atoms with Gasteiger partial charge in [0, 0.05) is 17.2 Å². The molecule has 1 aromatic carbocycles. The van der Waals surface area contributed by atoms with E-state index in [4.69, 9.17) is 14.5 Å². The lowest BCUT2D eigenvalue weighted by Crippen LogP contribution is -2.38. The molecule has 0 bridgehead atoms. The Balaban J connectivity index is 2.17. The zero-order chi connectivity index (χ0) is 18.0. The molecule has 0 radical (unpaired) electrons. The van der Waals surface area contributed by atoms with Crippen molar-refractivity contribution in [3.05, 3.63) is 41.2 Å². The van der Waals surface area contributed by atoms with Gasteiger partial charge in [-0.05, 0) is 32.2 Å². The third-order valence-corrected chi connectivity index (χ3v) is 5.86. The number of fused-ring (bicyclic) bond motifs is 1. The molecule has 0 amide bonds. The van der Waals surface area contributed by atoms with E-state index in [1.165, 1.54) is 5.69 Å². The molecule has 0 aliphatic rings. The molecule has 0 fully saturated rings. The van der Waals surface area contributed by atoms with Crippen molar-refractivity contribution in [2.45, 2.75) is 19.6 Å². The largest absolute Gasteiger partial charge is 0.497 e. The summed E-state index contributed by atoms with van der Waals surface area (Å²) in [7, 11) is 6.94. The molecule has 0 spiro atoms. The minimum atomic E-state index is 0.800. The zero-order valence-corrected chi connectivity index (χ0v) is 16.7. The molecule has 0 aliphatic carbocycles. The molecule has 2 aromatic heterocycles. The fourth-order valence-electron chi connectivity index (χ4n) is 2.95. The molecule has 25 heavy (non-hydrogen) atoms. The van der Waals surface area contributed by atoms with Gasteiger partial charge in [0.15, 0.2) is 5.52 Å². The standard InChI is InChI=1S/C18H22N3O2S2/c1-11-9-21(16(10-25-24-5)12(2)17(11)23-4)18-19-14-7-6-13(22-3)8-15(14)20-18/h6-9H,10H2,1-5H3,(H,19,20)/q+1. The van der Waals surface area contributed by atoms with Gasteiger partial charge in [0.1, 0.15) is 22.7 Å². The molecule has 2 heterocycles. The van der Waals surface area contributed by atoms with Crippen molar-refractivity contribution >= 4 is 32.6 Å². The Labute approximate surface area is 155 Å². The quantitative estimate of drug-likeness (QED) is 0.521. The van der Waals surface area contributed by atoms with Crippen LogP contribution in [0.15, 0.2) is 24.4 Å². The van der Waals surface area contributed by atoms with Crippen molar-refractivity contribution in [1.82, 2.24) is 9.97 Å². The highest BCUT2D eigenvalue weighted by atomic mass is 33.1. The number of nitrogens with zero attached hydrogens (tertiary/aromatic N) is 2. The summed E-state index contributed by atoms with van der Waals surface area (Å²) < 4.78 is 13.0. The molecule has 5 nitrogen and oxygen atoms in total. The lowest BCUT2D eigenvalue weighted by Gasteiger charge is -2.14. The number of methoxy groups -OCH3 is 2. The van der Waals surface area contributed by atoms with E-state index in [0.717, 1.165) is 45.4 Å². The van der Waals surface area contributed by atoms with Gasteiger partial charge in [0.2, 0.25) is 0 Å². The van der Waals surface area contributed by atoms with Gasteiger partial charge in [0.25, 0.3) is 0 Å². The van der Waals surface area contributed by atoms with Gasteiger partial charge in [-0.25, -0.2) is 9.55 Å². The summed E-state index contributed by atoms with van der Waals surface area (Å²) in [5.74, 6) is 3.41. The van der Waals surface area contributed by atoms with Crippen LogP contribution in [0.1, 0.15) is 16.8 Å². The molecule has 0 saturated carbocycles. The second-order valence-corrected chi connectivity index (χ2v) is 8.22. The van der Waals surface area contributed by atoms with Crippen molar-refractivity contribution in [2.24, 2.45) is 0 Å². The maximum atomic E-state index is 5.60. The topological polar surface area (TPSA) is 51.0 Å². The highest BCUT2D eigenvalue weighted by Crippen LogP contribution is 2.29. The molecule has 7 heteroatoms. The van der Waals surface area contributed by atoms with E-state index in [1.54, 1.807) is 35.8 Å². The number of rotatable bonds is 6. The molecule has 0 saturated heterocycles. The Kier molecular flexibility index (Phi) is 5.44. The first-order valence-electron chi connectivity index (χ1n) is 7.87. The molecule has 0 aliphatic heterocycles. The Hall–Kier alpha value is -1.86. The number of hydrogen-bond acceptors (Lipinski definition) is 5. The number of imidazole rings is 1. The maximum absolute atomic E-state index is 5.60. The minimum Gasteiger partial charge on any atom is -0.497 e. The van der Waals surface area contributed by atoms with Crippen molar-refractivity contribution in [3.8, 4) is 17.4 Å². The van der Waals surface area contributed by atoms with Crippen LogP contribution in [-0.2, 0) is 5.75 Å². The van der Waals surface area contributed by atoms with Crippen LogP contribution in [0.5, 0.6) is 11.5 Å². The van der Waals surface area contributed by atoms with Gasteiger partial charge in [-0.2, -0.15) is 0 Å². The smallest absolute Gasteiger partial charge is 0.402 e. The number of nitrogens with one attached hydrogen (secondary N) is 1. The average molecular weight is 377 g/mol. The van der Waals surface area contributed by atoms with Crippen LogP contribution in [0.3, 0.4) is 0 Å². The van der Waals surface area contributed by atoms with E-state index < -0.39 is 0 Å². The molecular weight excluding hydrogens is 354 g/mol. The number of pyridine rings is 1. The molecule has 132 valence electrons. The monoisotopic (exact) mass is 376 g/mol. The Morgan fingerprint density at radius 3 is 2.68 bits per heavy atom. The fraction of sp³-hybridized carbons (Fsp3) is 0.333. The molecule has 1 N–H and O–H groups in total. The third kappa shape index (κ3) is 3.43. The van der Waals surface area contributed by atoms with E-state index in [9.17, 15) is 0 Å². The van der Waals surface area contributed by atoms with Crippen LogP contribution in [0.4, 0.5) is 0 Å². The van der Waals surface area contributed by atoms with Gasteiger partial charge in [-0.1, -0.05) is 26.6 Å². The first-order chi connectivity index (χ1) is 12.1. The van der Waals surface area contributed by atoms with Gasteiger partial charge in [-0.15, -0.1) is 0 Å². The number of ether oxygens (including phenoxy) is 2. The lowest BCUT2D eigenvalue weighted by molar-refractivity contribution is -0.611. The minimum absolute atomic E-state index is 0.800. The van der Waals surface area contributed by atoms with Crippen LogP contribution in [0, 0.1) is 13.8 Å². The number of aromatic nitrogens is 3. The summed E-state index contributed by atoms with van der Waals surface area (Å²) >= 11 is 0. The van der Waals surface area contributed by atoms with Crippen molar-refractivity contribution < 1.29 is 14.0 Å². The Morgan fingerprint density at radius 2 is 2.00 bits per heavy atom. The summed E-state index contributed by atoms with van der Waals surface area (Å²) in [6.07, 6.45) is 4.17. The predicted octanol–water partition coefficient (Wildman–Crippen LogP) is 3.98. The molecular formula is C18H22N3O2S2+. The lowest BCUT2D eigenvalue weighted by atomic mass is 10.1. The zero-order valence-electron chi connectivity index (χ0n) is 15.0. The molecule has 3 aromatic rings. The van der Waals surface area contributed by atoms with Crippen molar-refractivity contribution in [1.29, 1.82) is 0 Å². The summed E-state index contributed by atoms with van der Waals surface area (Å²) in [5.41, 5.74) is 5.26. The summed E-state index contributed by atoms with van der Waals surface area (Å²) in [6.45, 7) is 4.16. The number of benzene rings is 1. The second kappa shape index (κ2) is 7.58. The first kappa shape index (κ1) is 17.9. The normalized spacial score (nSPS) is 11.1. The van der Waals surface area contributed by atoms with Gasteiger partial charge < -0.3 is 9.47 Å². The number of aromatic amines is 1. The second-order valence-electron chi connectivity index (χ2n) is 5.66. The molecule has 3 rings (SSSR count). The highest BCUT2D eigenvalue weighted by Gasteiger charge is 2.22. The SMILES string of the molecule is COc1ccc2nc(-[n+]3cc(C)c(OC)c(C)c3CSSC)[nH]c2c1. The van der Waals surface area contributed by atoms with E-state index in [1.807, 2.05) is 18.2 Å². The average Bonchev–Trinajstić information content (AvgIpc) is 3.03. The fourth-order valence-corrected chi connectivity index (χ4v) is 4.22. The number of aryl methyl sites for hydroxylation is 1. The van der Waals surface area contributed by atoms with E-state index in [0.29, 0.717) is 0 Å². The maximum Gasteiger partial charge on any atom is 0.402 e. The van der Waals surface area contributed by atoms with E-state index in [-0.39, 0.29) is 0 Å². The first-order valence-corrected chi connectivity index (χ1v) is 10.6. The van der Waals surface area contributed by atoms with Crippen LogP contribution < -0.4 is 14.0 Å². The van der Waals surface area contributed by atoms with Gasteiger partial charge in [0.05, 0.1) is 26.2 Å². The van der Waals surface area contributed by atoms with Crippen LogP contribution in [0.2, 0.25) is 0 Å². The Morgan fingerprint density at radius 1 is 1.20 bits per heavy atom. The molecule has 0 atom stereocenters. The summed E-state index contributed by atoms with van der Waals surface area (Å²) in [4.78, 5) is 8.17. The van der Waals surface area contributed by atoms with E-state index in [2.05, 4.69) is 35.9 Å². The van der Waals surface area contributed by atoms with Crippen molar-refractivity contribution in [2.75, 3.05) is 20.5 Å². The Bertz CT molecular complexity index is 909. The number of hydrogen-bond donors (Lipinski definition) is 1. The third-order valence-electron chi connectivity index (χ3n) is 4.17. The van der Waals surface area contributed by atoms with Gasteiger partial charge >= 0.3 is 5.95 Å². The summed E-state index contributed by atoms with van der Waals surface area (Å²) in [5, 5.41) is 0. The molecule has 0 unspecified atom stereocenters. The van der Waals surface area contributed by atoms with E-state index >= 15 is 0 Å². The van der Waals surface area contributed by atoms with Crippen LogP contribution >= 0.6 is 21.6 Å². The van der Waals surface area contributed by atoms with Gasteiger partial charge in [-0.3, -0.25) is 0 Å². The van der Waals surface area contributed by atoms with Crippen molar-refractivity contribution in [3.63, 3.8) is 0 Å². The van der Waals surface area contributed by atoms with Crippen LogP contribution in [0.25, 0.3) is 17.0 Å². The van der Waals surface area contributed by atoms with Crippen LogP contribution in [-0.4, -0.2) is 30.4 Å². The predicted molar refractivity (Wildman–Crippen MR) is 105 cm³/mol. The number of H-pyrrole nitrogens is 1. The summed E-state index contributed by atoms with van der Waals surface area (Å²) in [6, 6.07) is 5.85. The highest BCUT2D eigenvalue weighted by molar-refractivity contribution is 8.76.